The molecule has 0 unspecified atom stereocenters. The van der Waals surface area contributed by atoms with E-state index in [2.05, 4.69) is 5.32 Å². The van der Waals surface area contributed by atoms with Gasteiger partial charge < -0.3 is 15.8 Å². The molecule has 1 rings (SSSR count). The van der Waals surface area contributed by atoms with Crippen LogP contribution in [0.2, 0.25) is 5.02 Å². The molecule has 4 nitrogen and oxygen atoms in total. The molecule has 0 saturated heterocycles. The molecule has 0 radical (unpaired) electrons. The van der Waals surface area contributed by atoms with Gasteiger partial charge in [-0.05, 0) is 37.6 Å². The number of anilines is 1. The molecule has 0 aliphatic rings. The van der Waals surface area contributed by atoms with Gasteiger partial charge in [0.1, 0.15) is 5.75 Å². The van der Waals surface area contributed by atoms with Gasteiger partial charge in [-0.15, -0.1) is 0 Å². The van der Waals surface area contributed by atoms with Crippen LogP contribution in [0.3, 0.4) is 0 Å². The maximum absolute atomic E-state index is 11.7. The normalized spacial score (nSPS) is 10.2. The molecule has 3 N–H and O–H groups in total. The lowest BCUT2D eigenvalue weighted by Crippen LogP contribution is -2.12. The molecular weight excluding hydrogens is 252 g/mol. The second-order valence-corrected chi connectivity index (χ2v) is 4.43. The van der Waals surface area contributed by atoms with Crippen LogP contribution < -0.4 is 15.8 Å². The fourth-order valence-electron chi connectivity index (χ4n) is 1.60. The number of carbonyl (C=O) groups is 1. The topological polar surface area (TPSA) is 64.3 Å². The molecule has 0 bridgehead atoms. The lowest BCUT2D eigenvalue weighted by Gasteiger charge is -2.10. The first kappa shape index (κ1) is 14.8. The van der Waals surface area contributed by atoms with Crippen LogP contribution in [0, 0.1) is 0 Å². The van der Waals surface area contributed by atoms with Gasteiger partial charge in [-0.1, -0.05) is 18.0 Å². The SMILES string of the molecule is COc1ccc(Cl)cc1NC(=O)CCCCCN. The Hall–Kier alpha value is -1.26. The number of halogens is 1. The van der Waals surface area contributed by atoms with Crippen molar-refractivity contribution in [2.24, 2.45) is 5.73 Å². The molecule has 0 atom stereocenters. The van der Waals surface area contributed by atoms with Gasteiger partial charge in [0.15, 0.2) is 0 Å². The average molecular weight is 271 g/mol. The van der Waals surface area contributed by atoms with Gasteiger partial charge in [0, 0.05) is 11.4 Å². The summed E-state index contributed by atoms with van der Waals surface area (Å²) in [6.07, 6.45) is 3.24. The van der Waals surface area contributed by atoms with Crippen LogP contribution in [0.15, 0.2) is 18.2 Å². The van der Waals surface area contributed by atoms with Crippen molar-refractivity contribution in [2.45, 2.75) is 25.7 Å². The van der Waals surface area contributed by atoms with E-state index in [1.165, 1.54) is 0 Å². The number of rotatable bonds is 7. The number of unbranched alkanes of at least 4 members (excludes halogenated alkanes) is 2. The Morgan fingerprint density at radius 1 is 1.39 bits per heavy atom. The average Bonchev–Trinajstić information content (AvgIpc) is 2.35. The Bertz CT molecular complexity index is 397. The molecule has 0 saturated carbocycles. The van der Waals surface area contributed by atoms with Gasteiger partial charge in [-0.3, -0.25) is 4.79 Å². The summed E-state index contributed by atoms with van der Waals surface area (Å²) in [5.41, 5.74) is 6.00. The number of ether oxygens (including phenoxy) is 1. The minimum absolute atomic E-state index is 0.0346. The summed E-state index contributed by atoms with van der Waals surface area (Å²) in [4.78, 5) is 11.7. The number of amides is 1. The molecule has 1 aromatic rings. The monoisotopic (exact) mass is 270 g/mol. The highest BCUT2D eigenvalue weighted by molar-refractivity contribution is 6.31. The molecule has 18 heavy (non-hydrogen) atoms. The first-order valence-corrected chi connectivity index (χ1v) is 6.38. The van der Waals surface area contributed by atoms with Crippen molar-refractivity contribution >= 4 is 23.2 Å². The largest absolute Gasteiger partial charge is 0.495 e. The molecule has 1 aromatic carbocycles. The quantitative estimate of drug-likeness (QED) is 0.749. The second-order valence-electron chi connectivity index (χ2n) is 3.99. The molecular formula is C13H19ClN2O2. The summed E-state index contributed by atoms with van der Waals surface area (Å²) in [7, 11) is 1.56. The number of nitrogens with two attached hydrogens (primary N) is 1. The molecule has 5 heteroatoms. The minimum Gasteiger partial charge on any atom is -0.495 e. The lowest BCUT2D eigenvalue weighted by atomic mass is 10.2. The number of nitrogens with one attached hydrogen (secondary N) is 1. The summed E-state index contributed by atoms with van der Waals surface area (Å²) in [6, 6.07) is 5.13. The van der Waals surface area contributed by atoms with Gasteiger partial charge in [-0.25, -0.2) is 0 Å². The smallest absolute Gasteiger partial charge is 0.224 e. The van der Waals surface area contributed by atoms with Crippen LogP contribution in [0.5, 0.6) is 5.75 Å². The zero-order chi connectivity index (χ0) is 13.4. The summed E-state index contributed by atoms with van der Waals surface area (Å²) in [5.74, 6) is 0.572. The highest BCUT2D eigenvalue weighted by Crippen LogP contribution is 2.27. The van der Waals surface area contributed by atoms with E-state index in [0.29, 0.717) is 29.4 Å². The number of hydrogen-bond donors (Lipinski definition) is 2. The number of methoxy groups -OCH3 is 1. The lowest BCUT2D eigenvalue weighted by molar-refractivity contribution is -0.116. The van der Waals surface area contributed by atoms with Gasteiger partial charge in [-0.2, -0.15) is 0 Å². The molecule has 0 heterocycles. The van der Waals surface area contributed by atoms with Crippen LogP contribution in [0.4, 0.5) is 5.69 Å². The van der Waals surface area contributed by atoms with E-state index in [1.54, 1.807) is 25.3 Å². The van der Waals surface area contributed by atoms with Crippen LogP contribution in [-0.4, -0.2) is 19.6 Å². The van der Waals surface area contributed by atoms with Crippen molar-refractivity contribution in [1.29, 1.82) is 0 Å². The molecule has 100 valence electrons. The van der Waals surface area contributed by atoms with Crippen molar-refractivity contribution in [3.05, 3.63) is 23.2 Å². The summed E-state index contributed by atoms with van der Waals surface area (Å²) in [6.45, 7) is 0.670. The highest BCUT2D eigenvalue weighted by atomic mass is 35.5. The zero-order valence-electron chi connectivity index (χ0n) is 10.5. The molecule has 1 amide bonds. The van der Waals surface area contributed by atoms with Crippen molar-refractivity contribution < 1.29 is 9.53 Å². The standard InChI is InChI=1S/C13H19ClN2O2/c1-18-12-7-6-10(14)9-11(12)16-13(17)5-3-2-4-8-15/h6-7,9H,2-5,8,15H2,1H3,(H,16,17). The van der Waals surface area contributed by atoms with Crippen molar-refractivity contribution in [1.82, 2.24) is 0 Å². The predicted octanol–water partition coefficient (Wildman–Crippen LogP) is 2.81. The minimum atomic E-state index is -0.0346. The van der Waals surface area contributed by atoms with Crippen molar-refractivity contribution in [3.8, 4) is 5.75 Å². The molecule has 0 aliphatic heterocycles. The fraction of sp³-hybridized carbons (Fsp3) is 0.462. The van der Waals surface area contributed by atoms with Crippen molar-refractivity contribution in [2.75, 3.05) is 19.0 Å². The van der Waals surface area contributed by atoms with E-state index in [4.69, 9.17) is 22.1 Å². The second kappa shape index (κ2) is 7.95. The summed E-state index contributed by atoms with van der Waals surface area (Å²) < 4.78 is 5.15. The van der Waals surface area contributed by atoms with E-state index in [1.807, 2.05) is 0 Å². The third-order valence-electron chi connectivity index (χ3n) is 2.54. The molecule has 0 fully saturated rings. The van der Waals surface area contributed by atoms with Gasteiger partial charge in [0.25, 0.3) is 0 Å². The number of benzene rings is 1. The first-order chi connectivity index (χ1) is 8.67. The molecule has 0 aromatic heterocycles. The van der Waals surface area contributed by atoms with Crippen LogP contribution >= 0.6 is 11.6 Å². The van der Waals surface area contributed by atoms with Gasteiger partial charge >= 0.3 is 0 Å². The van der Waals surface area contributed by atoms with Crippen LogP contribution in [0.25, 0.3) is 0 Å². The van der Waals surface area contributed by atoms with Gasteiger partial charge in [0.05, 0.1) is 12.8 Å². The third-order valence-corrected chi connectivity index (χ3v) is 2.78. The third kappa shape index (κ3) is 4.94. The Kier molecular flexibility index (Phi) is 6.54. The summed E-state index contributed by atoms with van der Waals surface area (Å²) in [5, 5.41) is 3.36. The van der Waals surface area contributed by atoms with E-state index in [-0.39, 0.29) is 5.91 Å². The van der Waals surface area contributed by atoms with E-state index in [9.17, 15) is 4.79 Å². The number of hydrogen-bond acceptors (Lipinski definition) is 3. The van der Waals surface area contributed by atoms with Gasteiger partial charge in [0.2, 0.25) is 5.91 Å². The maximum Gasteiger partial charge on any atom is 0.224 e. The van der Waals surface area contributed by atoms with Crippen LogP contribution in [0.1, 0.15) is 25.7 Å². The Morgan fingerprint density at radius 3 is 2.83 bits per heavy atom. The highest BCUT2D eigenvalue weighted by Gasteiger charge is 2.07. The van der Waals surface area contributed by atoms with E-state index >= 15 is 0 Å². The Labute approximate surface area is 112 Å². The maximum atomic E-state index is 11.7. The van der Waals surface area contributed by atoms with E-state index in [0.717, 1.165) is 19.3 Å². The Morgan fingerprint density at radius 2 is 2.17 bits per heavy atom. The van der Waals surface area contributed by atoms with Crippen LogP contribution in [-0.2, 0) is 4.79 Å². The predicted molar refractivity (Wildman–Crippen MR) is 74.2 cm³/mol. The Balaban J connectivity index is 2.50. The molecule has 0 aliphatic carbocycles. The zero-order valence-corrected chi connectivity index (χ0v) is 11.3. The first-order valence-electron chi connectivity index (χ1n) is 6.01. The fourth-order valence-corrected chi connectivity index (χ4v) is 1.77. The number of carbonyl (C=O) groups excluding carboxylic acids is 1. The van der Waals surface area contributed by atoms with E-state index < -0.39 is 0 Å². The van der Waals surface area contributed by atoms with Crippen molar-refractivity contribution in [3.63, 3.8) is 0 Å². The summed E-state index contributed by atoms with van der Waals surface area (Å²) >= 11 is 5.88. The molecule has 0 spiro atoms.